The third-order valence-corrected chi connectivity index (χ3v) is 10.2. The largest absolute Gasteiger partial charge is 0.455 e. The first-order valence-corrected chi connectivity index (χ1v) is 16.9. The highest BCUT2D eigenvalue weighted by Crippen LogP contribution is 2.41. The van der Waals surface area contributed by atoms with Crippen LogP contribution in [0, 0.1) is 0 Å². The number of benzene rings is 8. The standard InChI is InChI=1S/C46H27N3O/c1-2-12-29-25-30(22-21-28(29)11-1)44-37-17-5-8-18-40(37)47-46(48-44)39-27-38-35-24-23-31(26-43(35)50-45(38)36-16-4-3-13-32(36)39)49-41-19-9-6-14-33(41)34-15-7-10-20-42(34)49/h1-27H. The molecule has 0 saturated heterocycles. The van der Waals surface area contributed by atoms with Crippen LogP contribution in [0.25, 0.3) is 105 Å². The lowest BCUT2D eigenvalue weighted by Gasteiger charge is -2.12. The summed E-state index contributed by atoms with van der Waals surface area (Å²) in [6.45, 7) is 0. The van der Waals surface area contributed by atoms with Crippen LogP contribution < -0.4 is 0 Å². The van der Waals surface area contributed by atoms with Crippen LogP contribution in [0.3, 0.4) is 0 Å². The molecule has 3 heterocycles. The summed E-state index contributed by atoms with van der Waals surface area (Å²) in [5.74, 6) is 0.696. The molecule has 0 fully saturated rings. The zero-order chi connectivity index (χ0) is 32.8. The molecule has 3 aromatic heterocycles. The van der Waals surface area contributed by atoms with Gasteiger partial charge in [-0.3, -0.25) is 0 Å². The van der Waals surface area contributed by atoms with Gasteiger partial charge in [-0.15, -0.1) is 0 Å². The molecule has 50 heavy (non-hydrogen) atoms. The number of rotatable bonds is 3. The van der Waals surface area contributed by atoms with Gasteiger partial charge in [-0.2, -0.15) is 0 Å². The van der Waals surface area contributed by atoms with Gasteiger partial charge in [0.25, 0.3) is 0 Å². The average molecular weight is 638 g/mol. The van der Waals surface area contributed by atoms with E-state index in [1.54, 1.807) is 0 Å². The Morgan fingerprint density at radius 2 is 1.10 bits per heavy atom. The van der Waals surface area contributed by atoms with Gasteiger partial charge in [0, 0.05) is 55.2 Å². The highest BCUT2D eigenvalue weighted by Gasteiger charge is 2.20. The molecule has 8 aromatic carbocycles. The van der Waals surface area contributed by atoms with Crippen molar-refractivity contribution in [2.75, 3.05) is 0 Å². The van der Waals surface area contributed by atoms with Crippen molar-refractivity contribution in [2.45, 2.75) is 0 Å². The van der Waals surface area contributed by atoms with Gasteiger partial charge in [-0.05, 0) is 58.6 Å². The molecule has 0 amide bonds. The van der Waals surface area contributed by atoms with Crippen molar-refractivity contribution in [2.24, 2.45) is 0 Å². The molecule has 11 aromatic rings. The van der Waals surface area contributed by atoms with Crippen molar-refractivity contribution in [1.82, 2.24) is 14.5 Å². The molecule has 0 spiro atoms. The van der Waals surface area contributed by atoms with Gasteiger partial charge < -0.3 is 8.98 Å². The second-order valence-electron chi connectivity index (χ2n) is 13.0. The number of para-hydroxylation sites is 3. The van der Waals surface area contributed by atoms with Crippen LogP contribution in [0.2, 0.25) is 0 Å². The molecule has 0 saturated carbocycles. The predicted molar refractivity (Wildman–Crippen MR) is 207 cm³/mol. The fraction of sp³-hybridized carbons (Fsp3) is 0. The molecule has 0 atom stereocenters. The van der Waals surface area contributed by atoms with E-state index in [2.05, 4.69) is 162 Å². The maximum atomic E-state index is 6.77. The summed E-state index contributed by atoms with van der Waals surface area (Å²) in [5, 5.41) is 10.1. The van der Waals surface area contributed by atoms with Crippen LogP contribution in [0.4, 0.5) is 0 Å². The van der Waals surface area contributed by atoms with Crippen molar-refractivity contribution in [3.05, 3.63) is 164 Å². The second-order valence-corrected chi connectivity index (χ2v) is 13.0. The number of hydrogen-bond acceptors (Lipinski definition) is 3. The van der Waals surface area contributed by atoms with Crippen molar-refractivity contribution < 1.29 is 4.42 Å². The van der Waals surface area contributed by atoms with Crippen LogP contribution in [0.15, 0.2) is 168 Å². The summed E-state index contributed by atoms with van der Waals surface area (Å²) in [7, 11) is 0. The van der Waals surface area contributed by atoms with Gasteiger partial charge in [-0.25, -0.2) is 9.97 Å². The zero-order valence-corrected chi connectivity index (χ0v) is 26.8. The minimum Gasteiger partial charge on any atom is -0.455 e. The maximum Gasteiger partial charge on any atom is 0.161 e. The maximum absolute atomic E-state index is 6.77. The third kappa shape index (κ3) is 3.93. The molecular weight excluding hydrogens is 611 g/mol. The van der Waals surface area contributed by atoms with Gasteiger partial charge >= 0.3 is 0 Å². The number of fused-ring (bicyclic) bond motifs is 10. The molecule has 4 nitrogen and oxygen atoms in total. The van der Waals surface area contributed by atoms with Crippen molar-refractivity contribution >= 4 is 76.2 Å². The fourth-order valence-corrected chi connectivity index (χ4v) is 7.87. The molecule has 0 aliphatic rings. The van der Waals surface area contributed by atoms with Crippen LogP contribution in [-0.2, 0) is 0 Å². The van der Waals surface area contributed by atoms with Crippen LogP contribution in [-0.4, -0.2) is 14.5 Å². The average Bonchev–Trinajstić information content (AvgIpc) is 3.72. The highest BCUT2D eigenvalue weighted by atomic mass is 16.3. The van der Waals surface area contributed by atoms with E-state index in [0.717, 1.165) is 66.1 Å². The lowest BCUT2D eigenvalue weighted by atomic mass is 9.98. The molecule has 4 heteroatoms. The quantitative estimate of drug-likeness (QED) is 0.194. The normalized spacial score (nSPS) is 12.0. The van der Waals surface area contributed by atoms with E-state index in [1.165, 1.54) is 32.6 Å². The first-order chi connectivity index (χ1) is 24.8. The molecule has 0 aliphatic heterocycles. The molecule has 232 valence electrons. The number of hydrogen-bond donors (Lipinski definition) is 0. The Kier molecular flexibility index (Phi) is 5.63. The lowest BCUT2D eigenvalue weighted by molar-refractivity contribution is 0.672. The first kappa shape index (κ1) is 27.2. The summed E-state index contributed by atoms with van der Waals surface area (Å²) in [5.41, 5.74) is 9.02. The summed E-state index contributed by atoms with van der Waals surface area (Å²) in [6.07, 6.45) is 0. The summed E-state index contributed by atoms with van der Waals surface area (Å²) >= 11 is 0. The zero-order valence-electron chi connectivity index (χ0n) is 26.8. The Morgan fingerprint density at radius 1 is 0.440 bits per heavy atom. The van der Waals surface area contributed by atoms with E-state index < -0.39 is 0 Å². The van der Waals surface area contributed by atoms with Crippen LogP contribution in [0.5, 0.6) is 0 Å². The third-order valence-electron chi connectivity index (χ3n) is 10.2. The van der Waals surface area contributed by atoms with Gasteiger partial charge in [0.1, 0.15) is 11.2 Å². The second kappa shape index (κ2) is 10.4. The van der Waals surface area contributed by atoms with Crippen LogP contribution >= 0.6 is 0 Å². The minimum absolute atomic E-state index is 0.696. The summed E-state index contributed by atoms with van der Waals surface area (Å²) in [6, 6.07) is 57.7. The van der Waals surface area contributed by atoms with Crippen molar-refractivity contribution in [3.63, 3.8) is 0 Å². The van der Waals surface area contributed by atoms with Crippen molar-refractivity contribution in [1.29, 1.82) is 0 Å². The van der Waals surface area contributed by atoms with E-state index in [0.29, 0.717) is 5.82 Å². The Balaban J connectivity index is 1.15. The Hall–Kier alpha value is -6.78. The molecule has 0 aliphatic carbocycles. The number of furan rings is 1. The SMILES string of the molecule is c1ccc2cc(-c3nc(-c4cc5c6ccc(-n7c8ccccc8c8ccccc87)cc6oc5c5ccccc45)nc4ccccc34)ccc2c1. The molecular formula is C46H27N3O. The smallest absolute Gasteiger partial charge is 0.161 e. The van der Waals surface area contributed by atoms with Gasteiger partial charge in [-0.1, -0.05) is 115 Å². The van der Waals surface area contributed by atoms with E-state index in [1.807, 2.05) is 6.07 Å². The number of aromatic nitrogens is 3. The first-order valence-electron chi connectivity index (χ1n) is 16.9. The van der Waals surface area contributed by atoms with E-state index in [4.69, 9.17) is 14.4 Å². The van der Waals surface area contributed by atoms with Crippen LogP contribution in [0.1, 0.15) is 0 Å². The topological polar surface area (TPSA) is 43.9 Å². The molecule has 0 radical (unpaired) electrons. The Bertz CT molecular complexity index is 3110. The van der Waals surface area contributed by atoms with E-state index in [-0.39, 0.29) is 0 Å². The molecule has 11 rings (SSSR count). The molecule has 0 bridgehead atoms. The number of nitrogens with zero attached hydrogens (tertiary/aromatic N) is 3. The van der Waals surface area contributed by atoms with Crippen molar-refractivity contribution in [3.8, 4) is 28.3 Å². The molecule has 0 unspecified atom stereocenters. The van der Waals surface area contributed by atoms with E-state index in [9.17, 15) is 0 Å². The Labute approximate surface area is 286 Å². The van der Waals surface area contributed by atoms with Gasteiger partial charge in [0.05, 0.1) is 22.2 Å². The predicted octanol–water partition coefficient (Wildman–Crippen LogP) is 12.3. The molecule has 0 N–H and O–H groups in total. The highest BCUT2D eigenvalue weighted by molar-refractivity contribution is 6.19. The minimum atomic E-state index is 0.696. The van der Waals surface area contributed by atoms with E-state index >= 15 is 0 Å². The van der Waals surface area contributed by atoms with Gasteiger partial charge in [0.15, 0.2) is 5.82 Å². The summed E-state index contributed by atoms with van der Waals surface area (Å²) < 4.78 is 9.10. The summed E-state index contributed by atoms with van der Waals surface area (Å²) in [4.78, 5) is 10.5. The van der Waals surface area contributed by atoms with Gasteiger partial charge in [0.2, 0.25) is 0 Å². The Morgan fingerprint density at radius 3 is 1.90 bits per heavy atom. The monoisotopic (exact) mass is 637 g/mol. The fourth-order valence-electron chi connectivity index (χ4n) is 7.87. The lowest BCUT2D eigenvalue weighted by Crippen LogP contribution is -1.96.